The van der Waals surface area contributed by atoms with Crippen molar-refractivity contribution in [3.05, 3.63) is 66.0 Å². The highest BCUT2D eigenvalue weighted by molar-refractivity contribution is 7.98. The molecule has 0 spiro atoms. The number of carbonyl (C=O) groups excluding carboxylic acids is 1. The van der Waals surface area contributed by atoms with Crippen LogP contribution in [0.4, 0.5) is 0 Å². The number of amides is 1. The Hall–Kier alpha value is -3.13. The average Bonchev–Trinajstić information content (AvgIpc) is 3.19. The Morgan fingerprint density at radius 2 is 2.00 bits per heavy atom. The van der Waals surface area contributed by atoms with Gasteiger partial charge in [0.25, 0.3) is 5.91 Å². The van der Waals surface area contributed by atoms with E-state index in [9.17, 15) is 9.90 Å². The maximum atomic E-state index is 12.5. The molecule has 8 heteroatoms. The van der Waals surface area contributed by atoms with Crippen molar-refractivity contribution < 1.29 is 19.4 Å². The number of phenolic OH excluding ortho intramolecular Hbond substituents is 1. The summed E-state index contributed by atoms with van der Waals surface area (Å²) in [6, 6.07) is 11.8. The summed E-state index contributed by atoms with van der Waals surface area (Å²) in [6.45, 7) is 0.549. The van der Waals surface area contributed by atoms with E-state index in [0.717, 1.165) is 17.5 Å². The summed E-state index contributed by atoms with van der Waals surface area (Å²) in [4.78, 5) is 13.1. The summed E-state index contributed by atoms with van der Waals surface area (Å²) in [5.41, 5.74) is 1.38. The fourth-order valence-electron chi connectivity index (χ4n) is 2.49. The second-order valence-electron chi connectivity index (χ2n) is 5.60. The zero-order valence-corrected chi connectivity index (χ0v) is 15.7. The maximum Gasteiger partial charge on any atom is 0.261 e. The van der Waals surface area contributed by atoms with Crippen LogP contribution in [0, 0.1) is 0 Å². The molecule has 0 aliphatic heterocycles. The van der Waals surface area contributed by atoms with E-state index in [2.05, 4.69) is 9.82 Å². The Morgan fingerprint density at radius 1 is 1.19 bits per heavy atom. The van der Waals surface area contributed by atoms with E-state index in [0.29, 0.717) is 28.5 Å². The van der Waals surface area contributed by atoms with Crippen LogP contribution in [0.25, 0.3) is 0 Å². The van der Waals surface area contributed by atoms with E-state index < -0.39 is 0 Å². The molecule has 2 aromatic carbocycles. The van der Waals surface area contributed by atoms with Gasteiger partial charge in [-0.2, -0.15) is 5.10 Å². The number of methoxy groups -OCH3 is 2. The fourth-order valence-corrected chi connectivity index (χ4v) is 3.24. The molecule has 0 atom stereocenters. The van der Waals surface area contributed by atoms with E-state index >= 15 is 0 Å². The molecule has 0 saturated carbocycles. The average molecular weight is 385 g/mol. The van der Waals surface area contributed by atoms with Gasteiger partial charge in [0, 0.05) is 23.5 Å². The monoisotopic (exact) mass is 385 g/mol. The lowest BCUT2D eigenvalue weighted by molar-refractivity contribution is 0.0984. The van der Waals surface area contributed by atoms with Crippen LogP contribution in [0.2, 0.25) is 0 Å². The van der Waals surface area contributed by atoms with Crippen LogP contribution in [0.15, 0.2) is 59.8 Å². The van der Waals surface area contributed by atoms with Crippen LogP contribution in [-0.4, -0.2) is 35.0 Å². The van der Waals surface area contributed by atoms with Gasteiger partial charge in [0.1, 0.15) is 17.2 Å². The molecule has 0 bridgehead atoms. The third kappa shape index (κ3) is 4.53. The Bertz CT molecular complexity index is 929. The number of rotatable bonds is 7. The van der Waals surface area contributed by atoms with Crippen LogP contribution in [0.3, 0.4) is 0 Å². The minimum atomic E-state index is -0.283. The normalized spacial score (nSPS) is 10.4. The van der Waals surface area contributed by atoms with Crippen molar-refractivity contribution in [2.75, 3.05) is 14.2 Å². The largest absolute Gasteiger partial charge is 0.508 e. The number of phenols is 1. The molecule has 2 N–H and O–H groups in total. The van der Waals surface area contributed by atoms with Gasteiger partial charge >= 0.3 is 0 Å². The quantitative estimate of drug-likeness (QED) is 0.608. The molecule has 0 saturated heterocycles. The SMILES string of the molecule is COc1cc(C(=O)NSc2cc(O)ccc2OC)ccc1Cn1cccn1. The maximum absolute atomic E-state index is 12.5. The number of nitrogens with one attached hydrogen (secondary N) is 1. The predicted octanol–water partition coefficient (Wildman–Crippen LogP) is 3.09. The third-order valence-corrected chi connectivity index (χ3v) is 4.67. The molecular formula is C19H19N3O4S. The highest BCUT2D eigenvalue weighted by Gasteiger charge is 2.13. The number of ether oxygens (including phenoxy) is 2. The highest BCUT2D eigenvalue weighted by atomic mass is 32.2. The molecule has 1 amide bonds. The first kappa shape index (κ1) is 18.7. The van der Waals surface area contributed by atoms with Crippen molar-refractivity contribution in [2.24, 2.45) is 0 Å². The molecule has 0 fully saturated rings. The summed E-state index contributed by atoms with van der Waals surface area (Å²) >= 11 is 1.07. The second kappa shape index (κ2) is 8.50. The van der Waals surface area contributed by atoms with E-state index in [1.807, 2.05) is 18.3 Å². The number of nitrogens with zero attached hydrogens (tertiary/aromatic N) is 2. The van der Waals surface area contributed by atoms with Gasteiger partial charge in [-0.1, -0.05) is 6.07 Å². The summed E-state index contributed by atoms with van der Waals surface area (Å²) < 4.78 is 15.2. The number of hydrogen-bond donors (Lipinski definition) is 2. The zero-order chi connectivity index (χ0) is 19.2. The first-order chi connectivity index (χ1) is 13.1. The van der Waals surface area contributed by atoms with Crippen LogP contribution >= 0.6 is 11.9 Å². The lowest BCUT2D eigenvalue weighted by Crippen LogP contribution is -2.16. The van der Waals surface area contributed by atoms with Crippen molar-refractivity contribution in [1.82, 2.24) is 14.5 Å². The molecule has 27 heavy (non-hydrogen) atoms. The van der Waals surface area contributed by atoms with Crippen LogP contribution in [0.1, 0.15) is 15.9 Å². The summed E-state index contributed by atoms with van der Waals surface area (Å²) in [5, 5.41) is 13.8. The van der Waals surface area contributed by atoms with E-state index in [-0.39, 0.29) is 11.7 Å². The number of carbonyl (C=O) groups is 1. The molecule has 140 valence electrons. The van der Waals surface area contributed by atoms with Gasteiger partial charge in [0.2, 0.25) is 0 Å². The Morgan fingerprint density at radius 3 is 2.70 bits per heavy atom. The number of benzene rings is 2. The minimum absolute atomic E-state index is 0.0946. The van der Waals surface area contributed by atoms with Gasteiger partial charge in [-0.05, 0) is 48.3 Å². The van der Waals surface area contributed by atoms with Crippen molar-refractivity contribution in [3.63, 3.8) is 0 Å². The summed E-state index contributed by atoms with van der Waals surface area (Å²) in [6.07, 6.45) is 3.57. The van der Waals surface area contributed by atoms with E-state index in [4.69, 9.17) is 9.47 Å². The molecule has 1 aromatic heterocycles. The lowest BCUT2D eigenvalue weighted by Gasteiger charge is -2.12. The molecule has 0 aliphatic carbocycles. The molecule has 7 nitrogen and oxygen atoms in total. The van der Waals surface area contributed by atoms with Crippen LogP contribution in [-0.2, 0) is 6.54 Å². The molecule has 0 aliphatic rings. The van der Waals surface area contributed by atoms with Gasteiger partial charge in [-0.3, -0.25) is 14.2 Å². The Labute approximate surface area is 161 Å². The smallest absolute Gasteiger partial charge is 0.261 e. The molecule has 3 aromatic rings. The van der Waals surface area contributed by atoms with Crippen molar-refractivity contribution in [1.29, 1.82) is 0 Å². The second-order valence-corrected chi connectivity index (χ2v) is 6.45. The minimum Gasteiger partial charge on any atom is -0.508 e. The first-order valence-electron chi connectivity index (χ1n) is 8.09. The fraction of sp³-hybridized carbons (Fsp3) is 0.158. The molecule has 0 radical (unpaired) electrons. The number of hydrogen-bond acceptors (Lipinski definition) is 6. The molecule has 0 unspecified atom stereocenters. The zero-order valence-electron chi connectivity index (χ0n) is 14.9. The molecule has 1 heterocycles. The molecular weight excluding hydrogens is 366 g/mol. The van der Waals surface area contributed by atoms with Crippen molar-refractivity contribution in [2.45, 2.75) is 11.4 Å². The number of aromatic hydroxyl groups is 1. The first-order valence-corrected chi connectivity index (χ1v) is 8.91. The topological polar surface area (TPSA) is 85.6 Å². The summed E-state index contributed by atoms with van der Waals surface area (Å²) in [7, 11) is 3.09. The summed E-state index contributed by atoms with van der Waals surface area (Å²) in [5.74, 6) is 0.981. The number of aromatic nitrogens is 2. The van der Waals surface area contributed by atoms with Gasteiger partial charge < -0.3 is 14.6 Å². The van der Waals surface area contributed by atoms with Crippen molar-refractivity contribution >= 4 is 17.9 Å². The van der Waals surface area contributed by atoms with Crippen LogP contribution in [0.5, 0.6) is 17.2 Å². The van der Waals surface area contributed by atoms with Crippen LogP contribution < -0.4 is 14.2 Å². The van der Waals surface area contributed by atoms with Gasteiger partial charge in [-0.25, -0.2) is 0 Å². The Balaban J connectivity index is 1.72. The van der Waals surface area contributed by atoms with Gasteiger partial charge in [0.15, 0.2) is 0 Å². The third-order valence-electron chi connectivity index (χ3n) is 3.84. The predicted molar refractivity (Wildman–Crippen MR) is 102 cm³/mol. The van der Waals surface area contributed by atoms with Gasteiger partial charge in [0.05, 0.1) is 25.7 Å². The highest BCUT2D eigenvalue weighted by Crippen LogP contribution is 2.31. The lowest BCUT2D eigenvalue weighted by atomic mass is 10.1. The standard InChI is InChI=1S/C19H19N3O4S/c1-25-16-7-6-15(23)11-18(16)27-21-19(24)13-4-5-14(17(10-13)26-2)12-22-9-3-8-20-22/h3-11,23H,12H2,1-2H3,(H,21,24). The molecule has 3 rings (SSSR count). The Kier molecular flexibility index (Phi) is 5.87. The van der Waals surface area contributed by atoms with Gasteiger partial charge in [-0.15, -0.1) is 0 Å². The van der Waals surface area contributed by atoms with E-state index in [1.54, 1.807) is 36.2 Å². The van der Waals surface area contributed by atoms with Crippen molar-refractivity contribution in [3.8, 4) is 17.2 Å². The van der Waals surface area contributed by atoms with E-state index in [1.165, 1.54) is 19.2 Å².